The minimum absolute atomic E-state index is 0.106. The van der Waals surface area contributed by atoms with Gasteiger partial charge in [0.25, 0.3) is 0 Å². The fourth-order valence-corrected chi connectivity index (χ4v) is 2.54. The second-order valence-electron chi connectivity index (χ2n) is 4.92. The Balaban J connectivity index is 2.00. The van der Waals surface area contributed by atoms with Crippen LogP contribution < -0.4 is 11.1 Å². The Bertz CT molecular complexity index is 458. The number of benzene rings is 1. The molecule has 0 radical (unpaired) electrons. The number of hydrogen-bond donors (Lipinski definition) is 2. The van der Waals surface area contributed by atoms with Crippen molar-refractivity contribution in [1.82, 2.24) is 0 Å². The predicted octanol–water partition coefficient (Wildman–Crippen LogP) is 3.08. The van der Waals surface area contributed by atoms with Crippen LogP contribution in [0, 0.1) is 5.82 Å². The predicted molar refractivity (Wildman–Crippen MR) is 70.0 cm³/mol. The summed E-state index contributed by atoms with van der Waals surface area (Å²) in [5, 5.41) is 2.91. The van der Waals surface area contributed by atoms with Crippen LogP contribution in [0.5, 0.6) is 0 Å². The van der Waals surface area contributed by atoms with Gasteiger partial charge in [0.15, 0.2) is 0 Å². The van der Waals surface area contributed by atoms with Crippen molar-refractivity contribution in [3.05, 3.63) is 29.0 Å². The molecule has 0 aliphatic heterocycles. The van der Waals surface area contributed by atoms with Gasteiger partial charge in [-0.15, -0.1) is 0 Å². The maximum absolute atomic E-state index is 13.4. The van der Waals surface area contributed by atoms with Crippen molar-refractivity contribution < 1.29 is 9.18 Å². The summed E-state index contributed by atoms with van der Waals surface area (Å²) in [6, 6.07) is 4.06. The van der Waals surface area contributed by atoms with Crippen LogP contribution in [0.25, 0.3) is 0 Å². The van der Waals surface area contributed by atoms with Crippen molar-refractivity contribution in [3.8, 4) is 0 Å². The number of halogens is 2. The third kappa shape index (κ3) is 3.21. The average Bonchev–Trinajstić information content (AvgIpc) is 2.70. The van der Waals surface area contributed by atoms with Gasteiger partial charge in [0.1, 0.15) is 5.82 Å². The van der Waals surface area contributed by atoms with E-state index in [-0.39, 0.29) is 18.0 Å². The molecule has 3 nitrogen and oxygen atoms in total. The molecule has 0 heterocycles. The molecule has 1 aliphatic carbocycles. The molecule has 0 unspecified atom stereocenters. The summed E-state index contributed by atoms with van der Waals surface area (Å²) < 4.78 is 13.4. The van der Waals surface area contributed by atoms with Gasteiger partial charge >= 0.3 is 0 Å². The van der Waals surface area contributed by atoms with E-state index in [1.807, 2.05) is 0 Å². The molecule has 1 aromatic carbocycles. The van der Waals surface area contributed by atoms with Gasteiger partial charge in [-0.3, -0.25) is 4.79 Å². The van der Waals surface area contributed by atoms with E-state index in [1.165, 1.54) is 18.2 Å². The fraction of sp³-hybridized carbons (Fsp3) is 0.462. The number of hydrogen-bond acceptors (Lipinski definition) is 2. The zero-order chi connectivity index (χ0) is 13.2. The summed E-state index contributed by atoms with van der Waals surface area (Å²) in [7, 11) is 0. The van der Waals surface area contributed by atoms with Crippen LogP contribution in [-0.4, -0.2) is 11.4 Å². The first-order valence-corrected chi connectivity index (χ1v) is 6.40. The lowest BCUT2D eigenvalue weighted by Gasteiger charge is -2.22. The highest BCUT2D eigenvalue weighted by Gasteiger charge is 2.31. The van der Waals surface area contributed by atoms with Crippen molar-refractivity contribution >= 4 is 23.2 Å². The van der Waals surface area contributed by atoms with E-state index in [1.54, 1.807) is 0 Å². The highest BCUT2D eigenvalue weighted by Crippen LogP contribution is 2.30. The minimum atomic E-state index is -0.495. The molecule has 1 saturated carbocycles. The Morgan fingerprint density at radius 3 is 2.78 bits per heavy atom. The van der Waals surface area contributed by atoms with Crippen molar-refractivity contribution in [2.24, 2.45) is 5.73 Å². The lowest BCUT2D eigenvalue weighted by molar-refractivity contribution is -0.117. The van der Waals surface area contributed by atoms with Crippen molar-refractivity contribution in [2.75, 3.05) is 5.32 Å². The van der Waals surface area contributed by atoms with Gasteiger partial charge in [0.05, 0.1) is 5.69 Å². The Kier molecular flexibility index (Phi) is 3.88. The van der Waals surface area contributed by atoms with Crippen LogP contribution in [0.3, 0.4) is 0 Å². The molecule has 0 bridgehead atoms. The van der Waals surface area contributed by atoms with E-state index in [2.05, 4.69) is 5.32 Å². The van der Waals surface area contributed by atoms with E-state index in [0.29, 0.717) is 5.02 Å². The zero-order valence-corrected chi connectivity index (χ0v) is 10.8. The Morgan fingerprint density at radius 1 is 1.44 bits per heavy atom. The average molecular weight is 271 g/mol. The van der Waals surface area contributed by atoms with Crippen molar-refractivity contribution in [1.29, 1.82) is 0 Å². The second-order valence-corrected chi connectivity index (χ2v) is 5.36. The molecule has 0 atom stereocenters. The van der Waals surface area contributed by atoms with Gasteiger partial charge in [-0.05, 0) is 31.0 Å². The molecule has 1 amide bonds. The number of carbonyl (C=O) groups is 1. The number of rotatable bonds is 3. The number of amides is 1. The number of nitrogens with two attached hydrogens (primary N) is 1. The van der Waals surface area contributed by atoms with Crippen molar-refractivity contribution in [3.63, 3.8) is 0 Å². The summed E-state index contributed by atoms with van der Waals surface area (Å²) in [6.07, 6.45) is 4.01. The van der Waals surface area contributed by atoms with E-state index in [9.17, 15) is 9.18 Å². The monoisotopic (exact) mass is 270 g/mol. The van der Waals surface area contributed by atoms with Gasteiger partial charge < -0.3 is 11.1 Å². The van der Waals surface area contributed by atoms with E-state index < -0.39 is 11.4 Å². The van der Waals surface area contributed by atoms with E-state index in [4.69, 9.17) is 17.3 Å². The lowest BCUT2D eigenvalue weighted by Crippen LogP contribution is -2.40. The smallest absolute Gasteiger partial charge is 0.226 e. The normalized spacial score (nSPS) is 17.7. The molecule has 1 aliphatic rings. The highest BCUT2D eigenvalue weighted by atomic mass is 35.5. The Labute approximate surface area is 111 Å². The van der Waals surface area contributed by atoms with Gasteiger partial charge in [-0.25, -0.2) is 4.39 Å². The Hall–Kier alpha value is -1.13. The molecule has 1 fully saturated rings. The first-order valence-electron chi connectivity index (χ1n) is 6.02. The van der Waals surface area contributed by atoms with Gasteiger partial charge in [0, 0.05) is 17.0 Å². The van der Waals surface area contributed by atoms with Crippen LogP contribution in [-0.2, 0) is 4.79 Å². The zero-order valence-electron chi connectivity index (χ0n) is 10.0. The third-order valence-corrected chi connectivity index (χ3v) is 3.55. The largest absolute Gasteiger partial charge is 0.325 e. The molecule has 5 heteroatoms. The molecular weight excluding hydrogens is 255 g/mol. The number of carbonyl (C=O) groups excluding carboxylic acids is 1. The lowest BCUT2D eigenvalue weighted by atomic mass is 9.94. The van der Waals surface area contributed by atoms with Crippen LogP contribution in [0.15, 0.2) is 18.2 Å². The van der Waals surface area contributed by atoms with E-state index in [0.717, 1.165) is 25.7 Å². The molecule has 0 spiro atoms. The van der Waals surface area contributed by atoms with Crippen LogP contribution in [0.4, 0.5) is 10.1 Å². The Morgan fingerprint density at radius 2 is 2.11 bits per heavy atom. The number of anilines is 1. The molecular formula is C13H16ClFN2O. The topological polar surface area (TPSA) is 55.1 Å². The van der Waals surface area contributed by atoms with Gasteiger partial charge in [0.2, 0.25) is 5.91 Å². The highest BCUT2D eigenvalue weighted by molar-refractivity contribution is 6.30. The first-order chi connectivity index (χ1) is 8.48. The standard InChI is InChI=1S/C13H16ClFN2O/c14-9-3-4-10(15)11(7-9)17-12(18)8-13(16)5-1-2-6-13/h3-4,7H,1-2,5-6,8,16H2,(H,17,18). The molecule has 0 saturated heterocycles. The minimum Gasteiger partial charge on any atom is -0.325 e. The van der Waals surface area contributed by atoms with Gasteiger partial charge in [-0.1, -0.05) is 24.4 Å². The third-order valence-electron chi connectivity index (χ3n) is 3.31. The molecule has 98 valence electrons. The summed E-state index contributed by atoms with van der Waals surface area (Å²) >= 11 is 5.76. The van der Waals surface area contributed by atoms with Crippen LogP contribution in [0.1, 0.15) is 32.1 Å². The molecule has 3 N–H and O–H groups in total. The maximum Gasteiger partial charge on any atom is 0.226 e. The quantitative estimate of drug-likeness (QED) is 0.887. The molecule has 0 aromatic heterocycles. The summed E-state index contributed by atoms with van der Waals surface area (Å²) in [4.78, 5) is 11.8. The fourth-order valence-electron chi connectivity index (χ4n) is 2.36. The van der Waals surface area contributed by atoms with Crippen LogP contribution >= 0.6 is 11.6 Å². The molecule has 1 aromatic rings. The second kappa shape index (κ2) is 5.24. The maximum atomic E-state index is 13.4. The first kappa shape index (κ1) is 13.3. The summed E-state index contributed by atoms with van der Waals surface area (Å²) in [6.45, 7) is 0. The van der Waals surface area contributed by atoms with Gasteiger partial charge in [-0.2, -0.15) is 0 Å². The summed E-state index contributed by atoms with van der Waals surface area (Å²) in [5.41, 5.74) is 5.78. The van der Waals surface area contributed by atoms with Crippen molar-refractivity contribution in [2.45, 2.75) is 37.6 Å². The molecule has 2 rings (SSSR count). The van der Waals surface area contributed by atoms with E-state index >= 15 is 0 Å². The number of nitrogens with one attached hydrogen (secondary N) is 1. The SMILES string of the molecule is NC1(CC(=O)Nc2cc(Cl)ccc2F)CCCC1. The van der Waals surface area contributed by atoms with Crippen LogP contribution in [0.2, 0.25) is 5.02 Å². The summed E-state index contributed by atoms with van der Waals surface area (Å²) in [5.74, 6) is -0.759. The molecule has 18 heavy (non-hydrogen) atoms.